The zero-order valence-corrected chi connectivity index (χ0v) is 11.6. The van der Waals surface area contributed by atoms with Gasteiger partial charge in [0.25, 0.3) is 0 Å². The zero-order valence-electron chi connectivity index (χ0n) is 4.75. The Morgan fingerprint density at radius 1 is 1.33 bits per heavy atom. The van der Waals surface area contributed by atoms with Gasteiger partial charge in [0.1, 0.15) is 0 Å². The molecule has 1 aromatic rings. The van der Waals surface area contributed by atoms with Crippen molar-refractivity contribution in [3.63, 3.8) is 0 Å². The number of pyridine rings is 1. The molecule has 0 atom stereocenters. The zero-order chi connectivity index (χ0) is 6.24. The summed E-state index contributed by atoms with van der Waals surface area (Å²) < 4.78 is 0. The molecular weight excluding hydrogens is 346 g/mol. The van der Waals surface area contributed by atoms with Crippen LogP contribution >= 0.6 is 37.6 Å². The summed E-state index contributed by atoms with van der Waals surface area (Å²) in [5.74, 6) is 0. The second-order valence-corrected chi connectivity index (χ2v) is 0.959. The third-order valence-electron chi connectivity index (χ3n) is 0.517. The third-order valence-corrected chi connectivity index (χ3v) is 0.517. The molecule has 0 spiro atoms. The number of aromatic nitrogens is 1. The van der Waals surface area contributed by atoms with Crippen LogP contribution in [0.5, 0.6) is 0 Å². The van der Waals surface area contributed by atoms with Crippen LogP contribution in [0, 0.1) is 6.20 Å². The largest absolute Gasteiger partial charge is 0.394 e. The fourth-order valence-electron chi connectivity index (χ4n) is 0.277. The molecule has 0 unspecified atom stereocenters. The maximum absolute atomic E-state index is 3.66. The molecule has 0 aliphatic rings. The second-order valence-electron chi connectivity index (χ2n) is 0.959. The predicted molar refractivity (Wildman–Crippen MR) is 47.4 cm³/mol. The van der Waals surface area contributed by atoms with Crippen molar-refractivity contribution in [2.24, 2.45) is 0 Å². The molecule has 1 nitrogen and oxygen atoms in total. The molecule has 1 aromatic heterocycles. The van der Waals surface area contributed by atoms with Crippen LogP contribution < -0.4 is 0 Å². The van der Waals surface area contributed by atoms with Crippen molar-refractivity contribution in [1.82, 2.24) is 4.98 Å². The SMILES string of the molecule is I.[Zn+][Br].[c-]1ccccn1. The summed E-state index contributed by atoms with van der Waals surface area (Å²) >= 11 is 4.25. The minimum atomic E-state index is 0. The number of nitrogens with zero attached hydrogens (tertiary/aromatic N) is 1. The van der Waals surface area contributed by atoms with E-state index in [-0.39, 0.29) is 24.0 Å². The molecule has 0 N–H and O–H groups in total. The summed E-state index contributed by atoms with van der Waals surface area (Å²) in [5, 5.41) is 0. The Bertz CT molecular complexity index is 88.9. The van der Waals surface area contributed by atoms with E-state index in [9.17, 15) is 0 Å². The first-order valence-electron chi connectivity index (χ1n) is 2.04. The van der Waals surface area contributed by atoms with E-state index >= 15 is 0 Å². The van der Waals surface area contributed by atoms with E-state index in [1.165, 1.54) is 16.3 Å². The summed E-state index contributed by atoms with van der Waals surface area (Å²) in [6.45, 7) is 0. The molecule has 46 valence electrons. The summed E-state index contributed by atoms with van der Waals surface area (Å²) in [6, 6.07) is 5.50. The standard InChI is InChI=1S/C5H4N.BrH.HI.Zn/c1-2-4-6-5-3-1;;;/h1-4H;2*1H;/q-1;;;+2/p-1. The monoisotopic (exact) mass is 349 g/mol. The number of halogens is 2. The summed E-state index contributed by atoms with van der Waals surface area (Å²) in [4.78, 5) is 3.66. The van der Waals surface area contributed by atoms with E-state index in [2.05, 4.69) is 24.8 Å². The minimum Gasteiger partial charge on any atom is -0.394 e. The van der Waals surface area contributed by atoms with Crippen LogP contribution in [0.25, 0.3) is 0 Å². The Labute approximate surface area is 88.7 Å². The van der Waals surface area contributed by atoms with Gasteiger partial charge < -0.3 is 4.98 Å². The van der Waals surface area contributed by atoms with Gasteiger partial charge >= 0.3 is 30.0 Å². The van der Waals surface area contributed by atoms with Gasteiger partial charge in [-0.25, -0.2) is 0 Å². The molecule has 0 aliphatic heterocycles. The Balaban J connectivity index is 0. The van der Waals surface area contributed by atoms with E-state index in [0.29, 0.717) is 0 Å². The topological polar surface area (TPSA) is 12.9 Å². The molecule has 0 radical (unpaired) electrons. The molecular formula is C5H5BrINZn. The molecule has 0 saturated heterocycles. The smallest absolute Gasteiger partial charge is 0.0813 e. The van der Waals surface area contributed by atoms with Crippen LogP contribution in [-0.4, -0.2) is 4.98 Å². The van der Waals surface area contributed by atoms with Crippen molar-refractivity contribution in [2.45, 2.75) is 0 Å². The molecule has 0 amide bonds. The molecule has 0 aliphatic carbocycles. The number of rotatable bonds is 0. The molecule has 1 heterocycles. The van der Waals surface area contributed by atoms with E-state index in [0.717, 1.165) is 0 Å². The van der Waals surface area contributed by atoms with Gasteiger partial charge in [0.05, 0.1) is 0 Å². The fraction of sp³-hybridized carbons (Fsp3) is 0. The Morgan fingerprint density at radius 2 is 2.00 bits per heavy atom. The van der Waals surface area contributed by atoms with Crippen LogP contribution in [0.1, 0.15) is 0 Å². The Hall–Kier alpha value is 0.983. The van der Waals surface area contributed by atoms with Gasteiger partial charge in [0, 0.05) is 0 Å². The normalized spacial score (nSPS) is 6.11. The van der Waals surface area contributed by atoms with Crippen LogP contribution in [0.2, 0.25) is 0 Å². The average Bonchev–Trinajstić information content (AvgIpc) is 1.96. The molecule has 0 saturated carbocycles. The number of hydrogen-bond acceptors (Lipinski definition) is 1. The van der Waals surface area contributed by atoms with Crippen molar-refractivity contribution in [3.8, 4) is 0 Å². The molecule has 0 bridgehead atoms. The van der Waals surface area contributed by atoms with Crippen molar-refractivity contribution in [3.05, 3.63) is 30.6 Å². The summed E-state index contributed by atoms with van der Waals surface area (Å²) in [7, 11) is 0. The maximum atomic E-state index is 3.66. The summed E-state index contributed by atoms with van der Waals surface area (Å²) in [6.07, 6.45) is 4.34. The van der Waals surface area contributed by atoms with Gasteiger partial charge in [0.15, 0.2) is 0 Å². The molecule has 9 heavy (non-hydrogen) atoms. The third kappa shape index (κ3) is 8.98. The van der Waals surface area contributed by atoms with E-state index in [1.54, 1.807) is 12.3 Å². The molecule has 0 fully saturated rings. The van der Waals surface area contributed by atoms with Gasteiger partial charge in [-0.3, -0.25) is 0 Å². The van der Waals surface area contributed by atoms with Gasteiger partial charge in [-0.05, 0) is 0 Å². The van der Waals surface area contributed by atoms with Crippen LogP contribution in [0.15, 0.2) is 24.4 Å². The molecule has 1 rings (SSSR count). The van der Waals surface area contributed by atoms with E-state index < -0.39 is 0 Å². The predicted octanol–water partition coefficient (Wildman–Crippen LogP) is 2.34. The maximum Gasteiger partial charge on any atom is -0.0813 e. The van der Waals surface area contributed by atoms with Gasteiger partial charge in [-0.15, -0.1) is 24.0 Å². The fourth-order valence-corrected chi connectivity index (χ4v) is 0.277. The van der Waals surface area contributed by atoms with E-state index in [1.807, 2.05) is 12.1 Å². The van der Waals surface area contributed by atoms with Crippen molar-refractivity contribution < 1.29 is 16.3 Å². The summed E-state index contributed by atoms with van der Waals surface area (Å²) in [5.41, 5.74) is 0. The minimum absolute atomic E-state index is 0. The Morgan fingerprint density at radius 3 is 2.11 bits per heavy atom. The van der Waals surface area contributed by atoms with Gasteiger partial charge in [-0.2, -0.15) is 18.2 Å². The molecule has 4 heteroatoms. The number of hydrogen-bond donors (Lipinski definition) is 0. The van der Waals surface area contributed by atoms with Gasteiger partial charge in [-0.1, -0.05) is 12.4 Å². The second kappa shape index (κ2) is 11.7. The van der Waals surface area contributed by atoms with Crippen LogP contribution in [-0.2, 0) is 16.3 Å². The first-order valence-corrected chi connectivity index (χ1v) is 8.99. The first-order chi connectivity index (χ1) is 4.00. The van der Waals surface area contributed by atoms with Crippen LogP contribution in [0.3, 0.4) is 0 Å². The van der Waals surface area contributed by atoms with E-state index in [4.69, 9.17) is 0 Å². The van der Waals surface area contributed by atoms with Crippen molar-refractivity contribution in [2.75, 3.05) is 0 Å². The quantitative estimate of drug-likeness (QED) is 0.397. The van der Waals surface area contributed by atoms with Crippen molar-refractivity contribution >= 4 is 37.6 Å². The van der Waals surface area contributed by atoms with Crippen LogP contribution in [0.4, 0.5) is 0 Å². The molecule has 0 aromatic carbocycles. The average molecular weight is 351 g/mol. The first kappa shape index (κ1) is 12.6. The Kier molecular flexibility index (Phi) is 16.5. The van der Waals surface area contributed by atoms with Crippen molar-refractivity contribution in [1.29, 1.82) is 0 Å². The van der Waals surface area contributed by atoms with Gasteiger partial charge in [0.2, 0.25) is 0 Å².